The molecule has 0 radical (unpaired) electrons. The maximum absolute atomic E-state index is 12.1. The summed E-state index contributed by atoms with van der Waals surface area (Å²) >= 11 is 12.3. The summed E-state index contributed by atoms with van der Waals surface area (Å²) in [4.78, 5) is 24.1. The van der Waals surface area contributed by atoms with Crippen LogP contribution in [0.4, 0.5) is 0 Å². The van der Waals surface area contributed by atoms with Crippen molar-refractivity contribution < 1.29 is 34.0 Å². The largest absolute Gasteiger partial charge is 0.479 e. The molecule has 0 aliphatic heterocycles. The molecule has 0 fully saturated rings. The number of hydrogen-bond donors (Lipinski definition) is 2. The van der Waals surface area contributed by atoms with Gasteiger partial charge in [-0.3, -0.25) is 0 Å². The highest BCUT2D eigenvalue weighted by Gasteiger charge is 2.30. The first-order valence-electron chi connectivity index (χ1n) is 12.7. The predicted molar refractivity (Wildman–Crippen MR) is 144 cm³/mol. The number of hydrogen-bond acceptors (Lipinski definition) is 5. The van der Waals surface area contributed by atoms with Crippen LogP contribution in [0.2, 0.25) is 10.0 Å². The summed E-state index contributed by atoms with van der Waals surface area (Å²) in [5.41, 5.74) is 0. The first-order chi connectivity index (χ1) is 17.7. The second-order valence-corrected chi connectivity index (χ2v) is 9.70. The van der Waals surface area contributed by atoms with E-state index in [9.17, 15) is 19.8 Å². The van der Waals surface area contributed by atoms with Crippen LogP contribution in [0.15, 0.2) is 48.5 Å². The van der Waals surface area contributed by atoms with Crippen LogP contribution in [0.3, 0.4) is 0 Å². The first-order valence-corrected chi connectivity index (χ1v) is 13.4. The molecule has 0 aromatic heterocycles. The Morgan fingerprint density at radius 2 is 1.11 bits per heavy atom. The third kappa shape index (κ3) is 10.8. The first kappa shape index (κ1) is 30.7. The van der Waals surface area contributed by atoms with Crippen molar-refractivity contribution in [1.29, 1.82) is 0 Å². The molecular formula is C28H36Cl2O7. The molecular weight excluding hydrogens is 519 g/mol. The monoisotopic (exact) mass is 554 g/mol. The van der Waals surface area contributed by atoms with Gasteiger partial charge in [0.15, 0.2) is 12.2 Å². The molecule has 204 valence electrons. The van der Waals surface area contributed by atoms with E-state index in [-0.39, 0.29) is 24.3 Å². The Hall–Kier alpha value is -2.48. The number of ether oxygens (including phenoxy) is 3. The molecule has 2 aromatic rings. The summed E-state index contributed by atoms with van der Waals surface area (Å²) in [6, 6.07) is 13.4. The summed E-state index contributed by atoms with van der Waals surface area (Å²) in [7, 11) is 0. The van der Waals surface area contributed by atoms with E-state index < -0.39 is 36.4 Å². The average molecular weight is 555 g/mol. The maximum atomic E-state index is 12.1. The smallest absolute Gasteiger partial charge is 0.344 e. The number of benzene rings is 2. The van der Waals surface area contributed by atoms with Crippen LogP contribution in [0.5, 0.6) is 11.5 Å². The van der Waals surface area contributed by atoms with Gasteiger partial charge < -0.3 is 24.4 Å². The highest BCUT2D eigenvalue weighted by atomic mass is 35.5. The molecule has 7 nitrogen and oxygen atoms in total. The van der Waals surface area contributed by atoms with Crippen molar-refractivity contribution >= 4 is 35.1 Å². The van der Waals surface area contributed by atoms with E-state index in [1.54, 1.807) is 48.5 Å². The predicted octanol–water partition coefficient (Wildman–Crippen LogP) is 7.27. The number of carboxylic acid groups (broad SMARTS) is 2. The van der Waals surface area contributed by atoms with Crippen LogP contribution < -0.4 is 9.47 Å². The average Bonchev–Trinajstić information content (AvgIpc) is 2.86. The summed E-state index contributed by atoms with van der Waals surface area (Å²) < 4.78 is 17.9. The van der Waals surface area contributed by atoms with Crippen molar-refractivity contribution in [1.82, 2.24) is 0 Å². The van der Waals surface area contributed by atoms with E-state index in [0.717, 1.165) is 25.7 Å². The molecule has 2 N–H and O–H groups in total. The Labute approximate surface area is 228 Å². The number of carbonyl (C=O) groups is 2. The zero-order chi connectivity index (χ0) is 27.2. The lowest BCUT2D eigenvalue weighted by Crippen LogP contribution is -2.37. The molecule has 0 spiro atoms. The fraction of sp³-hybridized carbons (Fsp3) is 0.500. The van der Waals surface area contributed by atoms with Gasteiger partial charge in [0.25, 0.3) is 0 Å². The van der Waals surface area contributed by atoms with Gasteiger partial charge in [0.1, 0.15) is 11.5 Å². The molecule has 4 atom stereocenters. The van der Waals surface area contributed by atoms with E-state index in [0.29, 0.717) is 22.9 Å². The molecule has 0 aliphatic carbocycles. The van der Waals surface area contributed by atoms with Gasteiger partial charge in [0.05, 0.1) is 22.3 Å². The summed E-state index contributed by atoms with van der Waals surface area (Å²) in [6.07, 6.45) is 1.57. The molecule has 0 amide bonds. The molecule has 0 aliphatic rings. The number of carboxylic acids is 2. The van der Waals surface area contributed by atoms with Crippen molar-refractivity contribution in [2.45, 2.75) is 89.6 Å². The summed E-state index contributed by atoms with van der Waals surface area (Å²) in [5.74, 6) is -1.68. The highest BCUT2D eigenvalue weighted by molar-refractivity contribution is 6.32. The second-order valence-electron chi connectivity index (χ2n) is 8.89. The molecule has 9 heteroatoms. The Morgan fingerprint density at radius 1 is 0.730 bits per heavy atom. The van der Waals surface area contributed by atoms with Crippen LogP contribution in [0.1, 0.15) is 65.2 Å². The van der Waals surface area contributed by atoms with Crippen LogP contribution >= 0.6 is 23.2 Å². The third-order valence-corrected chi connectivity index (χ3v) is 6.49. The normalized spacial score (nSPS) is 14.4. The molecule has 0 bridgehead atoms. The van der Waals surface area contributed by atoms with E-state index in [1.807, 2.05) is 13.8 Å². The van der Waals surface area contributed by atoms with E-state index in [1.165, 1.54) is 0 Å². The van der Waals surface area contributed by atoms with Crippen molar-refractivity contribution in [2.75, 3.05) is 0 Å². The number of para-hydroxylation sites is 2. The lowest BCUT2D eigenvalue weighted by atomic mass is 10.0. The van der Waals surface area contributed by atoms with Crippen LogP contribution in [-0.2, 0) is 14.3 Å². The minimum absolute atomic E-state index is 0.0896. The molecule has 0 saturated heterocycles. The minimum Gasteiger partial charge on any atom is -0.479 e. The van der Waals surface area contributed by atoms with Gasteiger partial charge in [-0.15, -0.1) is 0 Å². The fourth-order valence-electron chi connectivity index (χ4n) is 3.88. The quantitative estimate of drug-likeness (QED) is 0.199. The summed E-state index contributed by atoms with van der Waals surface area (Å²) in [6.45, 7) is 4.08. The van der Waals surface area contributed by atoms with Gasteiger partial charge in [-0.1, -0.05) is 87.0 Å². The molecule has 4 unspecified atom stereocenters. The number of halogens is 2. The second kappa shape index (κ2) is 16.4. The lowest BCUT2D eigenvalue weighted by Gasteiger charge is -2.29. The van der Waals surface area contributed by atoms with Gasteiger partial charge in [-0.25, -0.2) is 9.59 Å². The van der Waals surface area contributed by atoms with Crippen molar-refractivity contribution in [3.05, 3.63) is 58.6 Å². The van der Waals surface area contributed by atoms with Crippen LogP contribution in [-0.4, -0.2) is 46.6 Å². The molecule has 37 heavy (non-hydrogen) atoms. The summed E-state index contributed by atoms with van der Waals surface area (Å²) in [5, 5.41) is 20.3. The fourth-order valence-corrected chi connectivity index (χ4v) is 4.24. The topological polar surface area (TPSA) is 102 Å². The number of rotatable bonds is 18. The van der Waals surface area contributed by atoms with Gasteiger partial charge >= 0.3 is 11.9 Å². The Bertz CT molecular complexity index is 907. The van der Waals surface area contributed by atoms with E-state index in [2.05, 4.69) is 0 Å². The minimum atomic E-state index is -1.18. The Kier molecular flexibility index (Phi) is 13.6. The van der Waals surface area contributed by atoms with Gasteiger partial charge in [-0.2, -0.15) is 0 Å². The van der Waals surface area contributed by atoms with E-state index in [4.69, 9.17) is 37.4 Å². The third-order valence-electron chi connectivity index (χ3n) is 5.86. The zero-order valence-electron chi connectivity index (χ0n) is 21.3. The van der Waals surface area contributed by atoms with Gasteiger partial charge in [0, 0.05) is 12.8 Å². The van der Waals surface area contributed by atoms with Crippen LogP contribution in [0, 0.1) is 0 Å². The molecule has 0 heterocycles. The maximum Gasteiger partial charge on any atom is 0.344 e. The van der Waals surface area contributed by atoms with Crippen molar-refractivity contribution in [3.63, 3.8) is 0 Å². The van der Waals surface area contributed by atoms with Gasteiger partial charge in [-0.05, 0) is 37.1 Å². The Balaban J connectivity index is 2.20. The molecule has 2 aromatic carbocycles. The van der Waals surface area contributed by atoms with Crippen molar-refractivity contribution in [2.24, 2.45) is 0 Å². The lowest BCUT2D eigenvalue weighted by molar-refractivity contribution is -0.150. The number of aliphatic carboxylic acids is 2. The molecule has 0 saturated carbocycles. The number of unbranched alkanes of at least 4 members (excludes halogenated alkanes) is 2. The SMILES string of the molecule is CCCCC(CC(Oc1ccccc1Cl)C(=O)O)OC(CCCC)CC(Oc1ccccc1Cl)C(=O)O. The van der Waals surface area contributed by atoms with E-state index >= 15 is 0 Å². The highest BCUT2D eigenvalue weighted by Crippen LogP contribution is 2.29. The van der Waals surface area contributed by atoms with Crippen molar-refractivity contribution in [3.8, 4) is 11.5 Å². The van der Waals surface area contributed by atoms with Crippen LogP contribution in [0.25, 0.3) is 0 Å². The van der Waals surface area contributed by atoms with Gasteiger partial charge in [0.2, 0.25) is 0 Å². The molecule has 2 rings (SSSR count). The Morgan fingerprint density at radius 3 is 1.43 bits per heavy atom. The standard InChI is InChI=1S/C28H36Cl2O7/c1-3-5-11-19(17-25(27(31)32)36-23-15-9-7-13-21(23)29)35-20(12-6-4-2)18-26(28(33)34)37-24-16-10-8-14-22(24)30/h7-10,13-16,19-20,25-26H,3-6,11-12,17-18H2,1-2H3,(H,31,32)(H,33,34). The zero-order valence-corrected chi connectivity index (χ0v) is 22.8.